The molecule has 1 heterocycles. The molecular formula is C20H28N2O4. The van der Waals surface area contributed by atoms with Gasteiger partial charge < -0.3 is 20.1 Å². The average Bonchev–Trinajstić information content (AvgIpc) is 2.66. The number of carbonyl (C=O) groups is 2. The van der Waals surface area contributed by atoms with Crippen molar-refractivity contribution in [3.63, 3.8) is 0 Å². The molecule has 0 aromatic heterocycles. The summed E-state index contributed by atoms with van der Waals surface area (Å²) in [5.41, 5.74) is 5.71. The number of nitrogens with zero attached hydrogens (tertiary/aromatic N) is 1. The molecule has 0 bridgehead atoms. The first-order chi connectivity index (χ1) is 12.5. The van der Waals surface area contributed by atoms with Gasteiger partial charge in [0, 0.05) is 18.2 Å². The van der Waals surface area contributed by atoms with Crippen molar-refractivity contribution in [3.8, 4) is 11.5 Å². The molecule has 1 saturated carbocycles. The number of benzene rings is 1. The van der Waals surface area contributed by atoms with E-state index in [0.29, 0.717) is 34.9 Å². The minimum absolute atomic E-state index is 0.0496. The monoisotopic (exact) mass is 360 g/mol. The smallest absolute Gasteiger partial charge is 0.255 e. The summed E-state index contributed by atoms with van der Waals surface area (Å²) in [6, 6.07) is 5.43. The number of nitrogens with two attached hydrogens (primary N) is 1. The third kappa shape index (κ3) is 3.79. The Balaban J connectivity index is 1.79. The van der Waals surface area contributed by atoms with Crippen LogP contribution in [0.3, 0.4) is 0 Å². The maximum absolute atomic E-state index is 13.2. The Morgan fingerprint density at radius 3 is 2.69 bits per heavy atom. The van der Waals surface area contributed by atoms with E-state index < -0.39 is 5.91 Å². The molecule has 0 radical (unpaired) electrons. The molecule has 3 atom stereocenters. The maximum atomic E-state index is 13.2. The summed E-state index contributed by atoms with van der Waals surface area (Å²) in [4.78, 5) is 26.1. The van der Waals surface area contributed by atoms with Gasteiger partial charge in [-0.2, -0.15) is 0 Å². The van der Waals surface area contributed by atoms with E-state index in [1.807, 2.05) is 0 Å². The van der Waals surface area contributed by atoms with Crippen molar-refractivity contribution >= 4 is 11.8 Å². The lowest BCUT2D eigenvalue weighted by molar-refractivity contribution is -0.119. The Kier molecular flexibility index (Phi) is 5.69. The molecule has 1 aliphatic heterocycles. The number of piperidine rings is 1. The zero-order valence-corrected chi connectivity index (χ0v) is 15.6. The van der Waals surface area contributed by atoms with Gasteiger partial charge >= 0.3 is 0 Å². The number of fused-ring (bicyclic) bond motifs is 1. The van der Waals surface area contributed by atoms with E-state index in [1.54, 1.807) is 18.2 Å². The van der Waals surface area contributed by atoms with Crippen LogP contribution in [-0.4, -0.2) is 43.0 Å². The Labute approximate surface area is 154 Å². The molecule has 6 nitrogen and oxygen atoms in total. The van der Waals surface area contributed by atoms with Crippen molar-refractivity contribution in [2.75, 3.05) is 20.3 Å². The molecule has 1 aromatic rings. The van der Waals surface area contributed by atoms with Gasteiger partial charge in [0.05, 0.1) is 7.11 Å². The summed E-state index contributed by atoms with van der Waals surface area (Å²) in [7, 11) is 1.51. The molecule has 2 N–H and O–H groups in total. The number of hydrogen-bond acceptors (Lipinski definition) is 4. The minimum atomic E-state index is -0.557. The van der Waals surface area contributed by atoms with Gasteiger partial charge in [-0.1, -0.05) is 19.8 Å². The highest BCUT2D eigenvalue weighted by Crippen LogP contribution is 2.39. The molecule has 1 saturated heterocycles. The van der Waals surface area contributed by atoms with Gasteiger partial charge in [-0.3, -0.25) is 9.59 Å². The van der Waals surface area contributed by atoms with Crippen LogP contribution in [0.15, 0.2) is 18.2 Å². The van der Waals surface area contributed by atoms with Crippen molar-refractivity contribution in [1.82, 2.24) is 4.90 Å². The molecular weight excluding hydrogens is 332 g/mol. The third-order valence-electron chi connectivity index (χ3n) is 5.78. The Bertz CT molecular complexity index is 676. The van der Waals surface area contributed by atoms with Crippen LogP contribution in [0.4, 0.5) is 0 Å². The lowest BCUT2D eigenvalue weighted by Crippen LogP contribution is -2.52. The van der Waals surface area contributed by atoms with Crippen molar-refractivity contribution in [1.29, 1.82) is 0 Å². The first kappa shape index (κ1) is 18.5. The van der Waals surface area contributed by atoms with E-state index in [1.165, 1.54) is 26.4 Å². The maximum Gasteiger partial charge on any atom is 0.255 e. The SMILES string of the molecule is COc1cc(C(=O)N2CC[C@H](C)[C@H]3CCCC[C@H]32)ccc1OCC(N)=O. The molecule has 1 aliphatic carbocycles. The van der Waals surface area contributed by atoms with Crippen LogP contribution in [0.5, 0.6) is 11.5 Å². The van der Waals surface area contributed by atoms with Gasteiger partial charge in [-0.15, -0.1) is 0 Å². The number of likely N-dealkylation sites (tertiary alicyclic amines) is 1. The van der Waals surface area contributed by atoms with Gasteiger partial charge in [0.25, 0.3) is 11.8 Å². The van der Waals surface area contributed by atoms with Crippen LogP contribution in [0.2, 0.25) is 0 Å². The molecule has 26 heavy (non-hydrogen) atoms. The predicted octanol–water partition coefficient (Wildman–Crippen LogP) is 2.60. The highest BCUT2D eigenvalue weighted by Gasteiger charge is 2.39. The molecule has 6 heteroatoms. The second-order valence-corrected chi connectivity index (χ2v) is 7.40. The lowest BCUT2D eigenvalue weighted by atomic mass is 9.72. The molecule has 3 rings (SSSR count). The van der Waals surface area contributed by atoms with Crippen LogP contribution in [-0.2, 0) is 4.79 Å². The fraction of sp³-hybridized carbons (Fsp3) is 0.600. The van der Waals surface area contributed by atoms with Gasteiger partial charge in [-0.05, 0) is 49.3 Å². The van der Waals surface area contributed by atoms with E-state index in [4.69, 9.17) is 15.2 Å². The van der Waals surface area contributed by atoms with Gasteiger partial charge in [-0.25, -0.2) is 0 Å². The fourth-order valence-corrected chi connectivity index (χ4v) is 4.40. The summed E-state index contributed by atoms with van der Waals surface area (Å²) in [6.45, 7) is 2.90. The number of hydrogen-bond donors (Lipinski definition) is 1. The fourth-order valence-electron chi connectivity index (χ4n) is 4.40. The normalized spacial score (nSPS) is 25.3. The molecule has 142 valence electrons. The highest BCUT2D eigenvalue weighted by atomic mass is 16.5. The topological polar surface area (TPSA) is 81.9 Å². The zero-order valence-electron chi connectivity index (χ0n) is 15.6. The first-order valence-corrected chi connectivity index (χ1v) is 9.41. The van der Waals surface area contributed by atoms with Crippen LogP contribution in [0.1, 0.15) is 49.4 Å². The van der Waals surface area contributed by atoms with Gasteiger partial charge in [0.15, 0.2) is 18.1 Å². The highest BCUT2D eigenvalue weighted by molar-refractivity contribution is 5.95. The van der Waals surface area contributed by atoms with Gasteiger partial charge in [0.2, 0.25) is 0 Å². The summed E-state index contributed by atoms with van der Waals surface area (Å²) in [5.74, 6) is 1.63. The third-order valence-corrected chi connectivity index (χ3v) is 5.78. The molecule has 0 spiro atoms. The minimum Gasteiger partial charge on any atom is -0.493 e. The van der Waals surface area contributed by atoms with E-state index in [0.717, 1.165) is 19.4 Å². The second kappa shape index (κ2) is 7.98. The van der Waals surface area contributed by atoms with Crippen LogP contribution in [0, 0.1) is 11.8 Å². The summed E-state index contributed by atoms with van der Waals surface area (Å²) in [6.07, 6.45) is 5.84. The lowest BCUT2D eigenvalue weighted by Gasteiger charge is -2.47. The summed E-state index contributed by atoms with van der Waals surface area (Å²) >= 11 is 0. The molecule has 2 aliphatic rings. The Hall–Kier alpha value is -2.24. The van der Waals surface area contributed by atoms with Crippen LogP contribution in [0.25, 0.3) is 0 Å². The largest absolute Gasteiger partial charge is 0.493 e. The average molecular weight is 360 g/mol. The second-order valence-electron chi connectivity index (χ2n) is 7.40. The quantitative estimate of drug-likeness (QED) is 0.875. The van der Waals surface area contributed by atoms with Crippen molar-refractivity contribution in [2.45, 2.75) is 45.1 Å². The molecule has 0 unspecified atom stereocenters. The summed E-state index contributed by atoms with van der Waals surface area (Å²) in [5, 5.41) is 0. The van der Waals surface area contributed by atoms with Crippen molar-refractivity contribution in [2.24, 2.45) is 17.6 Å². The summed E-state index contributed by atoms with van der Waals surface area (Å²) < 4.78 is 10.7. The first-order valence-electron chi connectivity index (χ1n) is 9.41. The van der Waals surface area contributed by atoms with Crippen LogP contribution >= 0.6 is 0 Å². The molecule has 1 aromatic carbocycles. The van der Waals surface area contributed by atoms with E-state index >= 15 is 0 Å². The number of rotatable bonds is 5. The van der Waals surface area contributed by atoms with Gasteiger partial charge in [0.1, 0.15) is 0 Å². The standard InChI is InChI=1S/C20H28N2O4/c1-13-9-10-22(16-6-4-3-5-15(13)16)20(24)14-7-8-17(18(11-14)25-2)26-12-19(21)23/h7-8,11,13,15-16H,3-6,9-10,12H2,1-2H3,(H2,21,23)/t13-,15+,16+/m0/s1. The molecule has 2 fully saturated rings. The van der Waals surface area contributed by atoms with Crippen molar-refractivity contribution in [3.05, 3.63) is 23.8 Å². The van der Waals surface area contributed by atoms with E-state index in [2.05, 4.69) is 11.8 Å². The van der Waals surface area contributed by atoms with Crippen LogP contribution < -0.4 is 15.2 Å². The van der Waals surface area contributed by atoms with E-state index in [-0.39, 0.29) is 12.5 Å². The van der Waals surface area contributed by atoms with Crippen molar-refractivity contribution < 1.29 is 19.1 Å². The number of ether oxygens (including phenoxy) is 2. The number of methoxy groups -OCH3 is 1. The number of carbonyl (C=O) groups excluding carboxylic acids is 2. The number of amides is 2. The Morgan fingerprint density at radius 1 is 1.19 bits per heavy atom. The Morgan fingerprint density at radius 2 is 1.96 bits per heavy atom. The predicted molar refractivity (Wildman–Crippen MR) is 98.2 cm³/mol. The number of primary amides is 1. The zero-order chi connectivity index (χ0) is 18.7. The van der Waals surface area contributed by atoms with E-state index in [9.17, 15) is 9.59 Å². The molecule has 2 amide bonds.